The Morgan fingerprint density at radius 3 is 2.24 bits per heavy atom. The molecule has 0 amide bonds. The summed E-state index contributed by atoms with van der Waals surface area (Å²) in [6, 6.07) is 4.79. The van der Waals surface area contributed by atoms with Crippen molar-refractivity contribution in [1.82, 2.24) is 5.32 Å². The average molecular weight is 300 g/mol. The maximum Gasteiger partial charge on any atom is 0.418 e. The van der Waals surface area contributed by atoms with Gasteiger partial charge in [-0.2, -0.15) is 13.2 Å². The third-order valence-corrected chi connectivity index (χ3v) is 3.56. The first-order chi connectivity index (χ1) is 9.67. The van der Waals surface area contributed by atoms with Crippen LogP contribution in [0, 0.1) is 5.41 Å². The van der Waals surface area contributed by atoms with Crippen molar-refractivity contribution in [2.75, 3.05) is 31.1 Å². The second-order valence-corrected chi connectivity index (χ2v) is 6.82. The smallest absolute Gasteiger partial charge is 0.368 e. The molecule has 21 heavy (non-hydrogen) atoms. The maximum atomic E-state index is 13.4. The molecule has 5 heteroatoms. The number of hydrogen-bond donors (Lipinski definition) is 1. The summed E-state index contributed by atoms with van der Waals surface area (Å²) in [6.45, 7) is 8.77. The molecule has 2 rings (SSSR count). The Labute approximate surface area is 124 Å². The first-order valence-electron chi connectivity index (χ1n) is 7.33. The maximum absolute atomic E-state index is 13.4. The number of nitrogens with one attached hydrogen (secondary N) is 1. The minimum absolute atomic E-state index is 0.0283. The third-order valence-electron chi connectivity index (χ3n) is 3.56. The molecule has 2 nitrogen and oxygen atoms in total. The van der Waals surface area contributed by atoms with E-state index in [1.54, 1.807) is 6.07 Å². The lowest BCUT2D eigenvalue weighted by Crippen LogP contribution is -2.44. The second kappa shape index (κ2) is 5.87. The summed E-state index contributed by atoms with van der Waals surface area (Å²) in [5.41, 5.74) is 0.515. The van der Waals surface area contributed by atoms with Crippen LogP contribution in [-0.4, -0.2) is 26.2 Å². The minimum Gasteiger partial charge on any atom is -0.368 e. The zero-order valence-electron chi connectivity index (χ0n) is 12.8. The van der Waals surface area contributed by atoms with Crippen LogP contribution in [-0.2, 0) is 12.6 Å². The quantitative estimate of drug-likeness (QED) is 0.896. The molecule has 118 valence electrons. The molecule has 0 atom stereocenters. The van der Waals surface area contributed by atoms with Crippen LogP contribution in [0.1, 0.15) is 31.9 Å². The lowest BCUT2D eigenvalue weighted by Gasteiger charge is -2.32. The van der Waals surface area contributed by atoms with E-state index in [0.717, 1.165) is 18.7 Å². The first kappa shape index (κ1) is 16.1. The van der Waals surface area contributed by atoms with Gasteiger partial charge in [0, 0.05) is 31.9 Å². The fraction of sp³-hybridized carbons (Fsp3) is 0.625. The van der Waals surface area contributed by atoms with Crippen LogP contribution in [0.15, 0.2) is 18.2 Å². The van der Waals surface area contributed by atoms with Gasteiger partial charge in [-0.15, -0.1) is 0 Å². The van der Waals surface area contributed by atoms with Crippen molar-refractivity contribution in [3.05, 3.63) is 29.3 Å². The van der Waals surface area contributed by atoms with Crippen molar-refractivity contribution in [3.63, 3.8) is 0 Å². The molecule has 0 unspecified atom stereocenters. The fourth-order valence-electron chi connectivity index (χ4n) is 2.71. The van der Waals surface area contributed by atoms with E-state index >= 15 is 0 Å². The van der Waals surface area contributed by atoms with E-state index in [0.29, 0.717) is 25.2 Å². The molecular formula is C16H23F3N2. The van der Waals surface area contributed by atoms with E-state index in [1.807, 2.05) is 31.7 Å². The summed E-state index contributed by atoms with van der Waals surface area (Å²) >= 11 is 0. The second-order valence-electron chi connectivity index (χ2n) is 6.82. The van der Waals surface area contributed by atoms with Gasteiger partial charge in [-0.3, -0.25) is 0 Å². The van der Waals surface area contributed by atoms with Gasteiger partial charge in [0.15, 0.2) is 0 Å². The number of nitrogens with zero attached hydrogens (tertiary/aromatic N) is 1. The standard InChI is InChI=1S/C16H23F3N2/c1-15(2,3)11-12-4-5-14(13(10-12)16(17,18)19)21-8-6-20-7-9-21/h4-5,10,20H,6-9,11H2,1-3H3. The predicted octanol–water partition coefficient (Wildman–Crippen LogP) is 3.70. The number of rotatable bonds is 2. The van der Waals surface area contributed by atoms with Crippen molar-refractivity contribution in [2.24, 2.45) is 5.41 Å². The number of alkyl halides is 3. The molecular weight excluding hydrogens is 277 g/mol. The van der Waals surface area contributed by atoms with Crippen molar-refractivity contribution < 1.29 is 13.2 Å². The van der Waals surface area contributed by atoms with Crippen molar-refractivity contribution in [1.29, 1.82) is 0 Å². The van der Waals surface area contributed by atoms with E-state index in [1.165, 1.54) is 6.07 Å². The zero-order chi connectivity index (χ0) is 15.7. The molecule has 0 radical (unpaired) electrons. The number of anilines is 1. The molecule has 1 aliphatic heterocycles. The Balaban J connectivity index is 2.36. The van der Waals surface area contributed by atoms with Gasteiger partial charge in [0.2, 0.25) is 0 Å². The summed E-state index contributed by atoms with van der Waals surface area (Å²) in [5, 5.41) is 3.16. The van der Waals surface area contributed by atoms with Gasteiger partial charge in [-0.1, -0.05) is 26.8 Å². The molecule has 1 aromatic carbocycles. The Kier molecular flexibility index (Phi) is 4.51. The largest absolute Gasteiger partial charge is 0.418 e. The summed E-state index contributed by atoms with van der Waals surface area (Å²) in [4.78, 5) is 1.82. The minimum atomic E-state index is -4.31. The highest BCUT2D eigenvalue weighted by Crippen LogP contribution is 2.38. The third kappa shape index (κ3) is 4.37. The van der Waals surface area contributed by atoms with Gasteiger partial charge in [0.25, 0.3) is 0 Å². The molecule has 1 aromatic rings. The zero-order valence-corrected chi connectivity index (χ0v) is 12.8. The van der Waals surface area contributed by atoms with Crippen LogP contribution in [0.2, 0.25) is 0 Å². The van der Waals surface area contributed by atoms with Crippen molar-refractivity contribution in [3.8, 4) is 0 Å². The van der Waals surface area contributed by atoms with Gasteiger partial charge < -0.3 is 10.2 Å². The summed E-state index contributed by atoms with van der Waals surface area (Å²) in [5.74, 6) is 0. The Bertz CT molecular complexity index is 483. The Morgan fingerprint density at radius 1 is 1.10 bits per heavy atom. The van der Waals surface area contributed by atoms with Crippen LogP contribution in [0.3, 0.4) is 0 Å². The van der Waals surface area contributed by atoms with Crippen LogP contribution >= 0.6 is 0 Å². The highest BCUT2D eigenvalue weighted by atomic mass is 19.4. The molecule has 0 aromatic heterocycles. The van der Waals surface area contributed by atoms with Crippen LogP contribution < -0.4 is 10.2 Å². The highest BCUT2D eigenvalue weighted by molar-refractivity contribution is 5.57. The molecule has 1 saturated heterocycles. The van der Waals surface area contributed by atoms with Gasteiger partial charge >= 0.3 is 6.18 Å². The van der Waals surface area contributed by atoms with Gasteiger partial charge in [-0.25, -0.2) is 0 Å². The van der Waals surface area contributed by atoms with Gasteiger partial charge in [-0.05, 0) is 29.5 Å². The molecule has 0 spiro atoms. The predicted molar refractivity (Wildman–Crippen MR) is 79.7 cm³/mol. The highest BCUT2D eigenvalue weighted by Gasteiger charge is 2.35. The summed E-state index contributed by atoms with van der Waals surface area (Å²) < 4.78 is 40.1. The molecule has 0 saturated carbocycles. The lowest BCUT2D eigenvalue weighted by molar-refractivity contribution is -0.137. The van der Waals surface area contributed by atoms with Crippen molar-refractivity contribution >= 4 is 5.69 Å². The molecule has 0 bridgehead atoms. The molecule has 1 fully saturated rings. The molecule has 1 aliphatic rings. The molecule has 1 heterocycles. The number of hydrogen-bond acceptors (Lipinski definition) is 2. The average Bonchev–Trinajstić information content (AvgIpc) is 2.37. The SMILES string of the molecule is CC(C)(C)Cc1ccc(N2CCNCC2)c(C(F)(F)F)c1. The van der Waals surface area contributed by atoms with E-state index in [4.69, 9.17) is 0 Å². The fourth-order valence-corrected chi connectivity index (χ4v) is 2.71. The van der Waals surface area contributed by atoms with E-state index in [9.17, 15) is 13.2 Å². The molecule has 0 aliphatic carbocycles. The Hall–Kier alpha value is -1.23. The van der Waals surface area contributed by atoms with Gasteiger partial charge in [0.05, 0.1) is 5.56 Å². The van der Waals surface area contributed by atoms with E-state index < -0.39 is 11.7 Å². The summed E-state index contributed by atoms with van der Waals surface area (Å²) in [6.07, 6.45) is -3.67. The van der Waals surface area contributed by atoms with Gasteiger partial charge in [0.1, 0.15) is 0 Å². The topological polar surface area (TPSA) is 15.3 Å². The lowest BCUT2D eigenvalue weighted by atomic mass is 9.87. The van der Waals surface area contributed by atoms with Crippen LogP contribution in [0.4, 0.5) is 18.9 Å². The normalized spacial score (nSPS) is 17.1. The van der Waals surface area contributed by atoms with Crippen LogP contribution in [0.5, 0.6) is 0 Å². The number of halogens is 3. The summed E-state index contributed by atoms with van der Waals surface area (Å²) in [7, 11) is 0. The Morgan fingerprint density at radius 2 is 1.71 bits per heavy atom. The van der Waals surface area contributed by atoms with Crippen molar-refractivity contribution in [2.45, 2.75) is 33.4 Å². The number of piperazine rings is 1. The molecule has 1 N–H and O–H groups in total. The van der Waals surface area contributed by atoms with E-state index in [2.05, 4.69) is 5.32 Å². The monoisotopic (exact) mass is 300 g/mol. The van der Waals surface area contributed by atoms with E-state index in [-0.39, 0.29) is 5.41 Å². The first-order valence-corrected chi connectivity index (χ1v) is 7.33. The number of benzene rings is 1. The van der Waals surface area contributed by atoms with Crippen LogP contribution in [0.25, 0.3) is 0 Å².